The van der Waals surface area contributed by atoms with Gasteiger partial charge in [0.1, 0.15) is 12.5 Å². The van der Waals surface area contributed by atoms with Gasteiger partial charge in [-0.15, -0.1) is 13.2 Å². The SMILES string of the molecule is CC(C)(CCCOCn1ccc(=O)[nH]c1=O)NS(=O)(=O)c1cccc(OC(F)(F)F)c1. The molecule has 0 saturated carbocycles. The fourth-order valence-corrected chi connectivity index (χ4v) is 4.11. The minimum Gasteiger partial charge on any atom is -0.406 e. The molecule has 0 unspecified atom stereocenters. The zero-order valence-electron chi connectivity index (χ0n) is 16.7. The largest absolute Gasteiger partial charge is 0.573 e. The molecule has 1 heterocycles. The molecule has 0 radical (unpaired) electrons. The summed E-state index contributed by atoms with van der Waals surface area (Å²) < 4.78 is 74.9. The average Bonchev–Trinajstić information content (AvgIpc) is 2.61. The molecule has 0 fully saturated rings. The van der Waals surface area contributed by atoms with Crippen molar-refractivity contribution in [1.29, 1.82) is 0 Å². The summed E-state index contributed by atoms with van der Waals surface area (Å²) >= 11 is 0. The van der Waals surface area contributed by atoms with Crippen LogP contribution in [0.25, 0.3) is 0 Å². The summed E-state index contributed by atoms with van der Waals surface area (Å²) in [5, 5.41) is 0. The molecule has 13 heteroatoms. The molecular formula is C18H22F3N3O6S. The van der Waals surface area contributed by atoms with E-state index in [0.717, 1.165) is 28.8 Å². The van der Waals surface area contributed by atoms with Gasteiger partial charge in [-0.05, 0) is 38.8 Å². The summed E-state index contributed by atoms with van der Waals surface area (Å²) in [5.74, 6) is -0.640. The third kappa shape index (κ3) is 8.19. The van der Waals surface area contributed by atoms with E-state index < -0.39 is 38.9 Å². The minimum absolute atomic E-state index is 0.0895. The van der Waals surface area contributed by atoms with Gasteiger partial charge in [-0.3, -0.25) is 14.3 Å². The summed E-state index contributed by atoms with van der Waals surface area (Å²) in [5.41, 5.74) is -2.07. The monoisotopic (exact) mass is 465 g/mol. The average molecular weight is 465 g/mol. The van der Waals surface area contributed by atoms with Crippen molar-refractivity contribution >= 4 is 10.0 Å². The maximum atomic E-state index is 12.6. The van der Waals surface area contributed by atoms with Gasteiger partial charge in [0, 0.05) is 30.5 Å². The molecule has 0 aliphatic carbocycles. The van der Waals surface area contributed by atoms with Crippen LogP contribution in [0.3, 0.4) is 0 Å². The van der Waals surface area contributed by atoms with Crippen molar-refractivity contribution in [1.82, 2.24) is 14.3 Å². The Morgan fingerprint density at radius 3 is 2.52 bits per heavy atom. The smallest absolute Gasteiger partial charge is 0.406 e. The number of alkyl halides is 3. The number of rotatable bonds is 10. The van der Waals surface area contributed by atoms with Gasteiger partial charge in [0.25, 0.3) is 5.56 Å². The first kappa shape index (κ1) is 24.6. The van der Waals surface area contributed by atoms with Crippen LogP contribution in [0, 0.1) is 0 Å². The lowest BCUT2D eigenvalue weighted by Gasteiger charge is -2.26. The van der Waals surface area contributed by atoms with Crippen LogP contribution in [0.4, 0.5) is 13.2 Å². The second-order valence-electron chi connectivity index (χ2n) is 7.23. The van der Waals surface area contributed by atoms with Gasteiger partial charge in [0.05, 0.1) is 4.90 Å². The first-order valence-electron chi connectivity index (χ1n) is 9.05. The van der Waals surface area contributed by atoms with Crippen molar-refractivity contribution in [2.45, 2.75) is 50.2 Å². The molecule has 2 N–H and O–H groups in total. The van der Waals surface area contributed by atoms with Crippen molar-refractivity contribution < 1.29 is 31.1 Å². The highest BCUT2D eigenvalue weighted by Gasteiger charge is 2.32. The molecule has 0 aliphatic rings. The van der Waals surface area contributed by atoms with Crippen LogP contribution in [0.2, 0.25) is 0 Å². The predicted molar refractivity (Wildman–Crippen MR) is 104 cm³/mol. The van der Waals surface area contributed by atoms with E-state index in [9.17, 15) is 31.2 Å². The van der Waals surface area contributed by atoms with Crippen LogP contribution in [-0.2, 0) is 21.5 Å². The van der Waals surface area contributed by atoms with E-state index in [1.807, 2.05) is 0 Å². The predicted octanol–water partition coefficient (Wildman–Crippen LogP) is 1.95. The zero-order chi connectivity index (χ0) is 23.3. The van der Waals surface area contributed by atoms with Crippen LogP contribution in [0.1, 0.15) is 26.7 Å². The van der Waals surface area contributed by atoms with Crippen LogP contribution < -0.4 is 20.7 Å². The Labute approximate surface area is 175 Å². The Bertz CT molecular complexity index is 1110. The summed E-state index contributed by atoms with van der Waals surface area (Å²) in [6.45, 7) is 3.35. The molecule has 2 rings (SSSR count). The van der Waals surface area contributed by atoms with E-state index in [-0.39, 0.29) is 18.2 Å². The van der Waals surface area contributed by atoms with E-state index in [1.165, 1.54) is 12.3 Å². The second-order valence-corrected chi connectivity index (χ2v) is 8.92. The number of benzene rings is 1. The molecule has 0 bridgehead atoms. The molecule has 0 atom stereocenters. The van der Waals surface area contributed by atoms with Gasteiger partial charge in [-0.2, -0.15) is 0 Å². The fraction of sp³-hybridized carbons (Fsp3) is 0.444. The van der Waals surface area contributed by atoms with Gasteiger partial charge >= 0.3 is 12.1 Å². The molecule has 9 nitrogen and oxygen atoms in total. The lowest BCUT2D eigenvalue weighted by atomic mass is 10.0. The van der Waals surface area contributed by atoms with E-state index >= 15 is 0 Å². The molecule has 172 valence electrons. The first-order valence-corrected chi connectivity index (χ1v) is 10.5. The highest BCUT2D eigenvalue weighted by Crippen LogP contribution is 2.25. The van der Waals surface area contributed by atoms with E-state index in [1.54, 1.807) is 13.8 Å². The Morgan fingerprint density at radius 2 is 1.87 bits per heavy atom. The summed E-state index contributed by atoms with van der Waals surface area (Å²) in [7, 11) is -4.11. The van der Waals surface area contributed by atoms with Gasteiger partial charge in [-0.1, -0.05) is 6.07 Å². The molecule has 0 spiro atoms. The standard InChI is InChI=1S/C18H22F3N3O6S/c1-17(2,8-4-10-29-12-24-9-7-15(25)22-16(24)26)23-31(27,28)14-6-3-5-13(11-14)30-18(19,20)21/h3,5-7,9,11,23H,4,8,10,12H2,1-2H3,(H,22,25,26). The van der Waals surface area contributed by atoms with Crippen LogP contribution >= 0.6 is 0 Å². The van der Waals surface area contributed by atoms with Crippen LogP contribution in [-0.4, -0.2) is 36.5 Å². The third-order valence-corrected chi connectivity index (χ3v) is 5.67. The minimum atomic E-state index is -4.94. The molecular weight excluding hydrogens is 443 g/mol. The zero-order valence-corrected chi connectivity index (χ0v) is 17.5. The Hall–Kier alpha value is -2.64. The normalized spacial score (nSPS) is 12.7. The maximum Gasteiger partial charge on any atom is 0.573 e. The van der Waals surface area contributed by atoms with Crippen LogP contribution in [0.15, 0.2) is 51.0 Å². The van der Waals surface area contributed by atoms with Crippen molar-refractivity contribution in [3.05, 3.63) is 57.4 Å². The van der Waals surface area contributed by atoms with Crippen molar-refractivity contribution in [2.75, 3.05) is 6.61 Å². The maximum absolute atomic E-state index is 12.6. The number of hydrogen-bond acceptors (Lipinski definition) is 6. The lowest BCUT2D eigenvalue weighted by molar-refractivity contribution is -0.274. The number of H-pyrrole nitrogens is 1. The van der Waals surface area contributed by atoms with Crippen LogP contribution in [0.5, 0.6) is 5.75 Å². The van der Waals surface area contributed by atoms with Gasteiger partial charge in [0.15, 0.2) is 0 Å². The van der Waals surface area contributed by atoms with Gasteiger partial charge in [0.2, 0.25) is 10.0 Å². The number of nitrogens with one attached hydrogen (secondary N) is 2. The summed E-state index contributed by atoms with van der Waals surface area (Å²) in [6.07, 6.45) is -2.89. The van der Waals surface area contributed by atoms with Gasteiger partial charge in [-0.25, -0.2) is 17.9 Å². The Balaban J connectivity index is 1.90. The number of ether oxygens (including phenoxy) is 2. The number of nitrogens with zero attached hydrogens (tertiary/aromatic N) is 1. The topological polar surface area (TPSA) is 119 Å². The van der Waals surface area contributed by atoms with E-state index in [2.05, 4.69) is 14.4 Å². The van der Waals surface area contributed by atoms with Crippen molar-refractivity contribution in [2.24, 2.45) is 0 Å². The quantitative estimate of drug-likeness (QED) is 0.518. The highest BCUT2D eigenvalue weighted by atomic mass is 32.2. The van der Waals surface area contributed by atoms with Crippen molar-refractivity contribution in [3.63, 3.8) is 0 Å². The highest BCUT2D eigenvalue weighted by molar-refractivity contribution is 7.89. The molecule has 0 aliphatic heterocycles. The summed E-state index contributed by atoms with van der Waals surface area (Å²) in [6, 6.07) is 5.28. The second kappa shape index (κ2) is 9.66. The number of sulfonamides is 1. The lowest BCUT2D eigenvalue weighted by Crippen LogP contribution is -2.43. The Kier molecular flexibility index (Phi) is 7.68. The van der Waals surface area contributed by atoms with E-state index in [4.69, 9.17) is 4.74 Å². The number of aromatic nitrogens is 2. The molecule has 1 aromatic heterocycles. The van der Waals surface area contributed by atoms with E-state index in [0.29, 0.717) is 12.8 Å². The van der Waals surface area contributed by atoms with Gasteiger partial charge < -0.3 is 9.47 Å². The molecule has 1 aromatic carbocycles. The summed E-state index contributed by atoms with van der Waals surface area (Å²) in [4.78, 5) is 24.3. The third-order valence-electron chi connectivity index (χ3n) is 3.98. The fourth-order valence-electron chi connectivity index (χ4n) is 2.64. The number of hydrogen-bond donors (Lipinski definition) is 2. The molecule has 31 heavy (non-hydrogen) atoms. The molecule has 0 saturated heterocycles. The number of halogens is 3. The Morgan fingerprint density at radius 1 is 1.16 bits per heavy atom. The number of aromatic amines is 1. The van der Waals surface area contributed by atoms with Crippen molar-refractivity contribution in [3.8, 4) is 5.75 Å². The first-order chi connectivity index (χ1) is 14.3. The molecule has 0 amide bonds. The molecule has 2 aromatic rings.